The third kappa shape index (κ3) is 1.14. The Balaban J connectivity index is 2.73. The predicted molar refractivity (Wildman–Crippen MR) is 53.1 cm³/mol. The zero-order chi connectivity index (χ0) is 10.3. The summed E-state index contributed by atoms with van der Waals surface area (Å²) in [7, 11) is 0. The van der Waals surface area contributed by atoms with Gasteiger partial charge in [-0.2, -0.15) is 0 Å². The van der Waals surface area contributed by atoms with Gasteiger partial charge in [0.05, 0.1) is 4.75 Å². The van der Waals surface area contributed by atoms with E-state index in [0.29, 0.717) is 11.0 Å². The second-order valence-corrected chi connectivity index (χ2v) is 5.03. The lowest BCUT2D eigenvalue weighted by Crippen LogP contribution is -2.34. The first-order valence-corrected chi connectivity index (χ1v) is 4.88. The number of fused-ring (bicyclic) bond motifs is 1. The smallest absolute Gasteiger partial charge is 0.259 e. The highest BCUT2D eigenvalue weighted by molar-refractivity contribution is 8.01. The van der Waals surface area contributed by atoms with Crippen LogP contribution in [0.4, 0.5) is 0 Å². The van der Waals surface area contributed by atoms with Crippen LogP contribution in [0.2, 0.25) is 0 Å². The third-order valence-electron chi connectivity index (χ3n) is 2.01. The molecule has 0 spiro atoms. The normalized spacial score (nSPS) is 21.1. The van der Waals surface area contributed by atoms with E-state index in [0.717, 1.165) is 0 Å². The van der Waals surface area contributed by atoms with Gasteiger partial charge < -0.3 is 5.21 Å². The summed E-state index contributed by atoms with van der Waals surface area (Å²) in [5, 5.41) is 12.6. The Morgan fingerprint density at radius 1 is 1.64 bits per heavy atom. The molecule has 0 saturated carbocycles. The van der Waals surface area contributed by atoms with Crippen LogP contribution in [0.3, 0.4) is 0 Å². The van der Waals surface area contributed by atoms with E-state index < -0.39 is 4.75 Å². The Bertz CT molecular complexity index is 464. The summed E-state index contributed by atoms with van der Waals surface area (Å²) in [5.74, 6) is 0.329. The van der Waals surface area contributed by atoms with Gasteiger partial charge in [0.2, 0.25) is 0 Å². The van der Waals surface area contributed by atoms with Gasteiger partial charge in [-0.1, -0.05) is 16.9 Å². The van der Waals surface area contributed by atoms with Crippen molar-refractivity contribution in [1.29, 1.82) is 0 Å². The summed E-state index contributed by atoms with van der Waals surface area (Å²) in [6, 6.07) is 1.34. The molecule has 0 atom stereocenters. The minimum atomic E-state index is -0.421. The van der Waals surface area contributed by atoms with Crippen LogP contribution in [0.15, 0.2) is 27.4 Å². The minimum absolute atomic E-state index is 0.221. The van der Waals surface area contributed by atoms with Crippen molar-refractivity contribution < 1.29 is 5.21 Å². The number of oxime groups is 1. The standard InChI is InChI=1S/C8H9N3O2S/c1-8(2)6(10-13)11-5(12)3-4-9-7(11)14-8/h3-4,13H,1-2H3/b10-6-. The van der Waals surface area contributed by atoms with E-state index in [9.17, 15) is 4.79 Å². The first-order chi connectivity index (χ1) is 6.56. The van der Waals surface area contributed by atoms with Crippen molar-refractivity contribution in [2.75, 3.05) is 0 Å². The summed E-state index contributed by atoms with van der Waals surface area (Å²) >= 11 is 1.40. The lowest BCUT2D eigenvalue weighted by molar-refractivity contribution is 0.314. The fraction of sp³-hybridized carbons (Fsp3) is 0.375. The zero-order valence-corrected chi connectivity index (χ0v) is 8.58. The van der Waals surface area contributed by atoms with E-state index in [1.54, 1.807) is 0 Å². The van der Waals surface area contributed by atoms with Crippen molar-refractivity contribution in [3.05, 3.63) is 22.6 Å². The Kier molecular flexibility index (Phi) is 1.88. The SMILES string of the molecule is CC1(C)Sc2nccc(=O)n2/C1=N\O. The van der Waals surface area contributed by atoms with E-state index in [4.69, 9.17) is 5.21 Å². The van der Waals surface area contributed by atoms with Crippen LogP contribution in [0, 0.1) is 0 Å². The molecule has 1 aliphatic rings. The van der Waals surface area contributed by atoms with Crippen LogP contribution < -0.4 is 5.56 Å². The molecule has 14 heavy (non-hydrogen) atoms. The Morgan fingerprint density at radius 3 is 3.00 bits per heavy atom. The van der Waals surface area contributed by atoms with Crippen molar-refractivity contribution in [2.45, 2.75) is 23.8 Å². The first kappa shape index (κ1) is 9.26. The van der Waals surface area contributed by atoms with Crippen molar-refractivity contribution >= 4 is 17.6 Å². The summed E-state index contributed by atoms with van der Waals surface area (Å²) in [5.41, 5.74) is -0.221. The van der Waals surface area contributed by atoms with Crippen LogP contribution in [0.25, 0.3) is 0 Å². The van der Waals surface area contributed by atoms with Crippen LogP contribution in [-0.2, 0) is 0 Å². The molecule has 1 N–H and O–H groups in total. The van der Waals surface area contributed by atoms with Gasteiger partial charge in [-0.15, -0.1) is 0 Å². The maximum Gasteiger partial charge on any atom is 0.259 e. The fourth-order valence-corrected chi connectivity index (χ4v) is 2.43. The van der Waals surface area contributed by atoms with Crippen molar-refractivity contribution in [1.82, 2.24) is 9.55 Å². The molecule has 0 amide bonds. The van der Waals surface area contributed by atoms with Crippen molar-refractivity contribution in [3.8, 4) is 0 Å². The quantitative estimate of drug-likeness (QED) is 0.391. The fourth-order valence-electron chi connectivity index (χ4n) is 1.37. The van der Waals surface area contributed by atoms with E-state index >= 15 is 0 Å². The van der Waals surface area contributed by atoms with Gasteiger partial charge in [-0.3, -0.25) is 4.79 Å². The molecule has 6 heteroatoms. The molecule has 0 fully saturated rings. The highest BCUT2D eigenvalue weighted by Crippen LogP contribution is 2.38. The molecule has 0 aliphatic carbocycles. The third-order valence-corrected chi connectivity index (χ3v) is 3.17. The second kappa shape index (κ2) is 2.84. The van der Waals surface area contributed by atoms with Gasteiger partial charge in [0.15, 0.2) is 11.0 Å². The molecule has 5 nitrogen and oxygen atoms in total. The molecular formula is C8H9N3O2S. The zero-order valence-electron chi connectivity index (χ0n) is 7.76. The van der Waals surface area contributed by atoms with Crippen molar-refractivity contribution in [3.63, 3.8) is 0 Å². The number of aromatic nitrogens is 2. The van der Waals surface area contributed by atoms with E-state index in [1.807, 2.05) is 13.8 Å². The van der Waals surface area contributed by atoms with E-state index in [1.165, 1.54) is 28.6 Å². The molecule has 1 aromatic rings. The van der Waals surface area contributed by atoms with Gasteiger partial charge in [0, 0.05) is 12.3 Å². The monoisotopic (exact) mass is 211 g/mol. The maximum absolute atomic E-state index is 11.5. The maximum atomic E-state index is 11.5. The Labute approximate surface area is 84.5 Å². The molecule has 0 unspecified atom stereocenters. The van der Waals surface area contributed by atoms with Crippen LogP contribution in [0.1, 0.15) is 13.8 Å². The number of hydrogen-bond acceptors (Lipinski definition) is 5. The molecule has 2 heterocycles. The molecule has 0 bridgehead atoms. The largest absolute Gasteiger partial charge is 0.409 e. The predicted octanol–water partition coefficient (Wildman–Crippen LogP) is 0.763. The summed E-state index contributed by atoms with van der Waals surface area (Å²) in [4.78, 5) is 15.5. The topological polar surface area (TPSA) is 67.5 Å². The first-order valence-electron chi connectivity index (χ1n) is 4.06. The summed E-state index contributed by atoms with van der Waals surface area (Å²) in [6.07, 6.45) is 1.46. The lowest BCUT2D eigenvalue weighted by Gasteiger charge is -2.13. The second-order valence-electron chi connectivity index (χ2n) is 3.44. The molecule has 1 aromatic heterocycles. The molecule has 2 rings (SSSR count). The lowest BCUT2D eigenvalue weighted by atomic mass is 10.2. The highest BCUT2D eigenvalue weighted by Gasteiger charge is 2.38. The molecule has 74 valence electrons. The summed E-state index contributed by atoms with van der Waals surface area (Å²) in [6.45, 7) is 3.75. The average molecular weight is 211 g/mol. The molecule has 0 aromatic carbocycles. The highest BCUT2D eigenvalue weighted by atomic mass is 32.2. The van der Waals surface area contributed by atoms with Gasteiger partial charge in [-0.05, 0) is 13.8 Å². The van der Waals surface area contributed by atoms with Crippen molar-refractivity contribution in [2.24, 2.45) is 5.16 Å². The van der Waals surface area contributed by atoms with E-state index in [-0.39, 0.29) is 5.56 Å². The van der Waals surface area contributed by atoms with Gasteiger partial charge in [0.25, 0.3) is 5.56 Å². The Morgan fingerprint density at radius 2 is 2.36 bits per heavy atom. The molecule has 0 radical (unpaired) electrons. The number of thioether (sulfide) groups is 1. The molecular weight excluding hydrogens is 202 g/mol. The summed E-state index contributed by atoms with van der Waals surface area (Å²) < 4.78 is 0.903. The number of nitrogens with zero attached hydrogens (tertiary/aromatic N) is 3. The van der Waals surface area contributed by atoms with Gasteiger partial charge >= 0.3 is 0 Å². The van der Waals surface area contributed by atoms with Crippen LogP contribution in [-0.4, -0.2) is 25.3 Å². The van der Waals surface area contributed by atoms with Crippen LogP contribution in [0.5, 0.6) is 0 Å². The minimum Gasteiger partial charge on any atom is -0.409 e. The molecule has 1 aliphatic heterocycles. The van der Waals surface area contributed by atoms with Gasteiger partial charge in [0.1, 0.15) is 0 Å². The number of rotatable bonds is 0. The van der Waals surface area contributed by atoms with Crippen LogP contribution >= 0.6 is 11.8 Å². The average Bonchev–Trinajstić information content (AvgIpc) is 2.36. The molecule has 0 saturated heterocycles. The van der Waals surface area contributed by atoms with E-state index in [2.05, 4.69) is 10.1 Å². The van der Waals surface area contributed by atoms with Gasteiger partial charge in [-0.25, -0.2) is 9.55 Å². The Hall–Kier alpha value is -1.30. The number of hydrogen-bond donors (Lipinski definition) is 1.